The van der Waals surface area contributed by atoms with Crippen molar-refractivity contribution in [2.45, 2.75) is 26.1 Å². The highest BCUT2D eigenvalue weighted by atomic mass is 32.1. The van der Waals surface area contributed by atoms with E-state index in [1.54, 1.807) is 10.9 Å². The Morgan fingerprint density at radius 1 is 1.45 bits per heavy atom. The molecule has 0 saturated carbocycles. The standard InChI is InChI=1S/C12H14F3N5OS/c1-2-20-6-8(5-17-20)18-11(21)16-4-3-10-19-9(7-22-10)12(13,14)15/h5-7H,2-4H2,1H3,(H2,16,18,21). The molecule has 120 valence electrons. The lowest BCUT2D eigenvalue weighted by Crippen LogP contribution is -2.30. The van der Waals surface area contributed by atoms with Crippen LogP contribution < -0.4 is 10.6 Å². The number of hydrogen-bond acceptors (Lipinski definition) is 4. The van der Waals surface area contributed by atoms with Gasteiger partial charge in [-0.2, -0.15) is 18.3 Å². The lowest BCUT2D eigenvalue weighted by molar-refractivity contribution is -0.140. The Hall–Kier alpha value is -2.10. The van der Waals surface area contributed by atoms with Gasteiger partial charge in [0.15, 0.2) is 5.69 Å². The highest BCUT2D eigenvalue weighted by Gasteiger charge is 2.33. The van der Waals surface area contributed by atoms with Crippen molar-refractivity contribution in [3.63, 3.8) is 0 Å². The number of hydrogen-bond donors (Lipinski definition) is 2. The van der Waals surface area contributed by atoms with Crippen LogP contribution in [0.25, 0.3) is 0 Å². The molecule has 0 fully saturated rings. The number of anilines is 1. The molecule has 6 nitrogen and oxygen atoms in total. The summed E-state index contributed by atoms with van der Waals surface area (Å²) >= 11 is 0.922. The van der Waals surface area contributed by atoms with Crippen LogP contribution in [0.5, 0.6) is 0 Å². The highest BCUT2D eigenvalue weighted by Crippen LogP contribution is 2.29. The minimum absolute atomic E-state index is 0.193. The number of aryl methyl sites for hydroxylation is 1. The summed E-state index contributed by atoms with van der Waals surface area (Å²) in [6, 6.07) is -0.441. The second-order valence-electron chi connectivity index (χ2n) is 4.34. The van der Waals surface area contributed by atoms with Crippen LogP contribution in [0.15, 0.2) is 17.8 Å². The molecule has 0 unspecified atom stereocenters. The van der Waals surface area contributed by atoms with Crippen LogP contribution in [0.4, 0.5) is 23.7 Å². The highest BCUT2D eigenvalue weighted by molar-refractivity contribution is 7.09. The van der Waals surface area contributed by atoms with Crippen LogP contribution >= 0.6 is 11.3 Å². The summed E-state index contributed by atoms with van der Waals surface area (Å²) in [5.41, 5.74) is -0.350. The third kappa shape index (κ3) is 4.45. The summed E-state index contributed by atoms with van der Waals surface area (Å²) in [6.07, 6.45) is -1.00. The lowest BCUT2D eigenvalue weighted by Gasteiger charge is -2.04. The number of aromatic nitrogens is 3. The van der Waals surface area contributed by atoms with Gasteiger partial charge in [0.2, 0.25) is 0 Å². The normalized spacial score (nSPS) is 11.5. The topological polar surface area (TPSA) is 71.8 Å². The fraction of sp³-hybridized carbons (Fsp3) is 0.417. The van der Waals surface area contributed by atoms with Crippen LogP contribution in [-0.4, -0.2) is 27.3 Å². The summed E-state index contributed by atoms with van der Waals surface area (Å²) in [5, 5.41) is 10.4. The summed E-state index contributed by atoms with van der Waals surface area (Å²) in [4.78, 5) is 15.1. The Balaban J connectivity index is 1.76. The zero-order chi connectivity index (χ0) is 16.2. The molecule has 2 amide bonds. The Labute approximate surface area is 128 Å². The minimum Gasteiger partial charge on any atom is -0.337 e. The van der Waals surface area contributed by atoms with Gasteiger partial charge in [0, 0.05) is 31.1 Å². The quantitative estimate of drug-likeness (QED) is 0.884. The second kappa shape index (κ2) is 6.77. The van der Waals surface area contributed by atoms with E-state index in [1.165, 1.54) is 6.20 Å². The largest absolute Gasteiger partial charge is 0.434 e. The van der Waals surface area contributed by atoms with E-state index in [0.29, 0.717) is 17.2 Å². The van der Waals surface area contributed by atoms with Gasteiger partial charge in [-0.3, -0.25) is 4.68 Å². The SMILES string of the molecule is CCn1cc(NC(=O)NCCc2nc(C(F)(F)F)cs2)cn1. The van der Waals surface area contributed by atoms with Crippen molar-refractivity contribution in [3.05, 3.63) is 28.5 Å². The van der Waals surface area contributed by atoms with Crippen molar-refractivity contribution in [1.82, 2.24) is 20.1 Å². The number of urea groups is 1. The molecule has 10 heteroatoms. The van der Waals surface area contributed by atoms with Crippen molar-refractivity contribution in [2.24, 2.45) is 0 Å². The average molecular weight is 333 g/mol. The van der Waals surface area contributed by atoms with Gasteiger partial charge < -0.3 is 10.6 Å². The number of alkyl halides is 3. The molecule has 0 aliphatic heterocycles. The van der Waals surface area contributed by atoms with Crippen LogP contribution in [0.3, 0.4) is 0 Å². The van der Waals surface area contributed by atoms with Crippen molar-refractivity contribution in [2.75, 3.05) is 11.9 Å². The molecule has 0 spiro atoms. The third-order valence-electron chi connectivity index (χ3n) is 2.68. The Kier molecular flexibility index (Phi) is 5.01. The van der Waals surface area contributed by atoms with E-state index >= 15 is 0 Å². The Bertz CT molecular complexity index is 637. The Morgan fingerprint density at radius 2 is 2.23 bits per heavy atom. The zero-order valence-corrected chi connectivity index (χ0v) is 12.5. The van der Waals surface area contributed by atoms with Crippen LogP contribution in [0.2, 0.25) is 0 Å². The number of rotatable bonds is 5. The molecule has 0 aliphatic carbocycles. The number of carbonyl (C=O) groups is 1. The minimum atomic E-state index is -4.43. The molecule has 0 atom stereocenters. The zero-order valence-electron chi connectivity index (χ0n) is 11.6. The van der Waals surface area contributed by atoms with Gasteiger partial charge >= 0.3 is 12.2 Å². The molecule has 2 heterocycles. The monoisotopic (exact) mass is 333 g/mol. The number of carbonyl (C=O) groups excluding carboxylic acids is 1. The van der Waals surface area contributed by atoms with Gasteiger partial charge in [-0.15, -0.1) is 11.3 Å². The van der Waals surface area contributed by atoms with E-state index in [2.05, 4.69) is 20.7 Å². The van der Waals surface area contributed by atoms with Gasteiger partial charge in [-0.1, -0.05) is 0 Å². The van der Waals surface area contributed by atoms with E-state index in [1.807, 2.05) is 6.92 Å². The van der Waals surface area contributed by atoms with Gasteiger partial charge in [-0.25, -0.2) is 9.78 Å². The summed E-state index contributed by atoms with van der Waals surface area (Å²) in [6.45, 7) is 2.80. The maximum absolute atomic E-state index is 12.4. The number of amides is 2. The first-order valence-corrected chi connectivity index (χ1v) is 7.35. The molecular weight excluding hydrogens is 319 g/mol. The number of thiazole rings is 1. The van der Waals surface area contributed by atoms with E-state index in [-0.39, 0.29) is 13.0 Å². The maximum Gasteiger partial charge on any atom is 0.434 e. The summed E-state index contributed by atoms with van der Waals surface area (Å²) in [7, 11) is 0. The molecule has 2 aromatic rings. The predicted molar refractivity (Wildman–Crippen MR) is 75.7 cm³/mol. The first kappa shape index (κ1) is 16.3. The predicted octanol–water partition coefficient (Wildman–Crippen LogP) is 2.74. The van der Waals surface area contributed by atoms with Crippen molar-refractivity contribution in [3.8, 4) is 0 Å². The molecule has 2 rings (SSSR count). The van der Waals surface area contributed by atoms with Crippen LogP contribution in [0, 0.1) is 0 Å². The van der Waals surface area contributed by atoms with Gasteiger partial charge in [0.25, 0.3) is 0 Å². The fourth-order valence-corrected chi connectivity index (χ4v) is 2.42. The fourth-order valence-electron chi connectivity index (χ4n) is 1.62. The molecular formula is C12H14F3N5OS. The number of nitrogens with one attached hydrogen (secondary N) is 2. The smallest absolute Gasteiger partial charge is 0.337 e. The molecule has 2 N–H and O–H groups in total. The van der Waals surface area contributed by atoms with Crippen LogP contribution in [-0.2, 0) is 19.1 Å². The van der Waals surface area contributed by atoms with Gasteiger partial charge in [0.05, 0.1) is 16.9 Å². The molecule has 0 aromatic carbocycles. The van der Waals surface area contributed by atoms with Crippen molar-refractivity contribution >= 4 is 23.1 Å². The van der Waals surface area contributed by atoms with E-state index in [9.17, 15) is 18.0 Å². The van der Waals surface area contributed by atoms with E-state index in [4.69, 9.17) is 0 Å². The van der Waals surface area contributed by atoms with Gasteiger partial charge in [-0.05, 0) is 6.92 Å². The number of halogens is 3. The molecule has 2 aromatic heterocycles. The Morgan fingerprint density at radius 3 is 2.82 bits per heavy atom. The summed E-state index contributed by atoms with van der Waals surface area (Å²) in [5.74, 6) is 0. The number of nitrogens with zero attached hydrogens (tertiary/aromatic N) is 3. The average Bonchev–Trinajstić information content (AvgIpc) is 3.07. The molecule has 0 saturated heterocycles. The van der Waals surface area contributed by atoms with E-state index < -0.39 is 17.9 Å². The van der Waals surface area contributed by atoms with E-state index in [0.717, 1.165) is 16.7 Å². The molecule has 0 radical (unpaired) electrons. The lowest BCUT2D eigenvalue weighted by atomic mass is 10.4. The van der Waals surface area contributed by atoms with Crippen molar-refractivity contribution < 1.29 is 18.0 Å². The molecule has 0 aliphatic rings. The maximum atomic E-state index is 12.4. The first-order valence-electron chi connectivity index (χ1n) is 6.47. The molecule has 22 heavy (non-hydrogen) atoms. The third-order valence-corrected chi connectivity index (χ3v) is 3.59. The molecule has 0 bridgehead atoms. The second-order valence-corrected chi connectivity index (χ2v) is 5.28. The first-order chi connectivity index (χ1) is 10.4. The van der Waals surface area contributed by atoms with Crippen LogP contribution in [0.1, 0.15) is 17.6 Å². The van der Waals surface area contributed by atoms with Crippen molar-refractivity contribution in [1.29, 1.82) is 0 Å². The summed E-state index contributed by atoms with van der Waals surface area (Å²) < 4.78 is 38.8. The van der Waals surface area contributed by atoms with Gasteiger partial charge in [0.1, 0.15) is 0 Å².